The number of H-pyrrole nitrogens is 1. The number of benzene rings is 2. The van der Waals surface area contributed by atoms with Crippen molar-refractivity contribution in [3.8, 4) is 0 Å². The van der Waals surface area contributed by atoms with Crippen LogP contribution in [-0.4, -0.2) is 41.5 Å². The number of carbonyl (C=O) groups is 2. The Hall–Kier alpha value is -3.49. The fourth-order valence-corrected chi connectivity index (χ4v) is 3.56. The number of esters is 1. The number of ether oxygens (including phenoxy) is 1. The molecular formula is C22H21Cl2N5O3. The highest BCUT2D eigenvalue weighted by Gasteiger charge is 2.14. The van der Waals surface area contributed by atoms with Gasteiger partial charge in [-0.1, -0.05) is 35.3 Å². The maximum absolute atomic E-state index is 11.7. The van der Waals surface area contributed by atoms with Crippen LogP contribution in [0.3, 0.4) is 0 Å². The lowest BCUT2D eigenvalue weighted by molar-refractivity contribution is 0.0590. The van der Waals surface area contributed by atoms with Crippen LogP contribution in [0.25, 0.3) is 21.8 Å². The summed E-state index contributed by atoms with van der Waals surface area (Å²) in [6.07, 6.45) is 0. The normalized spacial score (nSPS) is 11.2. The quantitative estimate of drug-likeness (QED) is 0.230. The maximum Gasteiger partial charge on any atom is 0.354 e. The van der Waals surface area contributed by atoms with Crippen molar-refractivity contribution < 1.29 is 14.3 Å². The molecule has 10 heteroatoms. The van der Waals surface area contributed by atoms with E-state index in [0.29, 0.717) is 21.4 Å². The molecule has 0 atom stereocenters. The van der Waals surface area contributed by atoms with Crippen molar-refractivity contribution in [2.75, 3.05) is 14.2 Å². The third-order valence-electron chi connectivity index (χ3n) is 4.77. The first kappa shape index (κ1) is 23.2. The van der Waals surface area contributed by atoms with Crippen molar-refractivity contribution >= 4 is 62.8 Å². The van der Waals surface area contributed by atoms with E-state index in [1.165, 1.54) is 14.2 Å². The average molecular weight is 474 g/mol. The highest BCUT2D eigenvalue weighted by atomic mass is 35.5. The number of methoxy groups -OCH3 is 1. The van der Waals surface area contributed by atoms with Crippen molar-refractivity contribution in [3.05, 3.63) is 70.0 Å². The monoisotopic (exact) mass is 473 g/mol. The molecule has 4 aromatic rings. The van der Waals surface area contributed by atoms with Crippen LogP contribution >= 0.6 is 23.2 Å². The fraction of sp³-hybridized carbons (Fsp3) is 0.136. The van der Waals surface area contributed by atoms with E-state index in [9.17, 15) is 9.59 Å². The Morgan fingerprint density at radius 3 is 2.34 bits per heavy atom. The van der Waals surface area contributed by atoms with Crippen molar-refractivity contribution in [1.82, 2.24) is 14.9 Å². The van der Waals surface area contributed by atoms with E-state index in [2.05, 4.69) is 20.0 Å². The lowest BCUT2D eigenvalue weighted by atomic mass is 10.2. The van der Waals surface area contributed by atoms with Crippen molar-refractivity contribution in [3.63, 3.8) is 0 Å². The molecule has 0 bridgehead atoms. The largest absolute Gasteiger partial charge is 0.464 e. The molecule has 0 radical (unpaired) electrons. The van der Waals surface area contributed by atoms with Gasteiger partial charge in [0.05, 0.1) is 7.11 Å². The van der Waals surface area contributed by atoms with Gasteiger partial charge in [-0.3, -0.25) is 15.1 Å². The number of halogens is 2. The van der Waals surface area contributed by atoms with Crippen molar-refractivity contribution in [1.29, 1.82) is 0 Å². The van der Waals surface area contributed by atoms with Gasteiger partial charge in [0.25, 0.3) is 5.91 Å². The Morgan fingerprint density at radius 1 is 1.09 bits per heavy atom. The second-order valence-electron chi connectivity index (χ2n) is 6.70. The van der Waals surface area contributed by atoms with Crippen LogP contribution in [-0.2, 0) is 11.8 Å². The van der Waals surface area contributed by atoms with Gasteiger partial charge >= 0.3 is 5.97 Å². The molecule has 166 valence electrons. The van der Waals surface area contributed by atoms with Crippen LogP contribution in [0.5, 0.6) is 0 Å². The van der Waals surface area contributed by atoms with E-state index >= 15 is 0 Å². The summed E-state index contributed by atoms with van der Waals surface area (Å²) in [5.74, 6) is -0.634. The minimum atomic E-state index is -0.357. The first-order valence-corrected chi connectivity index (χ1v) is 10.2. The van der Waals surface area contributed by atoms with Crippen molar-refractivity contribution in [2.24, 2.45) is 17.8 Å². The molecule has 4 rings (SSSR count). The first-order valence-electron chi connectivity index (χ1n) is 9.40. The van der Waals surface area contributed by atoms with E-state index in [4.69, 9.17) is 28.9 Å². The van der Waals surface area contributed by atoms with Crippen LogP contribution in [0.2, 0.25) is 10.0 Å². The number of aromatic amines is 1. The molecule has 4 N–H and O–H groups in total. The van der Waals surface area contributed by atoms with E-state index in [0.717, 1.165) is 21.8 Å². The number of carbonyl (C=O) groups excluding carboxylic acids is 2. The van der Waals surface area contributed by atoms with E-state index < -0.39 is 0 Å². The van der Waals surface area contributed by atoms with Gasteiger partial charge in [-0.05, 0) is 36.4 Å². The number of hydrogen-bond donors (Lipinski definition) is 3. The molecule has 1 amide bonds. The number of guanidine groups is 1. The predicted octanol–water partition coefficient (Wildman–Crippen LogP) is 4.11. The smallest absolute Gasteiger partial charge is 0.354 e. The van der Waals surface area contributed by atoms with Gasteiger partial charge in [0.2, 0.25) is 0 Å². The molecule has 2 heterocycles. The summed E-state index contributed by atoms with van der Waals surface area (Å²) in [4.78, 5) is 29.8. The van der Waals surface area contributed by atoms with Gasteiger partial charge < -0.3 is 20.0 Å². The summed E-state index contributed by atoms with van der Waals surface area (Å²) in [7, 11) is 4.67. The third-order valence-corrected chi connectivity index (χ3v) is 5.43. The Labute approximate surface area is 194 Å². The van der Waals surface area contributed by atoms with Gasteiger partial charge in [0.15, 0.2) is 5.96 Å². The van der Waals surface area contributed by atoms with Crippen LogP contribution in [0.1, 0.15) is 21.0 Å². The second-order valence-corrected chi connectivity index (χ2v) is 7.51. The zero-order valence-corrected chi connectivity index (χ0v) is 19.1. The highest BCUT2D eigenvalue weighted by molar-refractivity contribution is 6.36. The molecule has 2 aromatic carbocycles. The van der Waals surface area contributed by atoms with Crippen LogP contribution in [0.4, 0.5) is 0 Å². The number of aliphatic imine (C=N–C) groups is 1. The van der Waals surface area contributed by atoms with E-state index in [-0.39, 0.29) is 17.8 Å². The van der Waals surface area contributed by atoms with Gasteiger partial charge in [-0.15, -0.1) is 0 Å². The number of aryl methyl sites for hydroxylation is 1. The summed E-state index contributed by atoms with van der Waals surface area (Å²) in [5, 5.41) is 5.33. The number of nitrogens with zero attached hydrogens (tertiary/aromatic N) is 2. The number of rotatable bonds is 2. The summed E-state index contributed by atoms with van der Waals surface area (Å²) >= 11 is 12.0. The minimum absolute atomic E-state index is 0.0692. The molecule has 0 spiro atoms. The number of hydrogen-bond acceptors (Lipinski definition) is 4. The summed E-state index contributed by atoms with van der Waals surface area (Å²) in [6, 6.07) is 14.4. The molecule has 0 saturated heterocycles. The zero-order valence-electron chi connectivity index (χ0n) is 17.6. The molecule has 0 aliphatic carbocycles. The second kappa shape index (κ2) is 9.76. The summed E-state index contributed by atoms with van der Waals surface area (Å²) in [6.45, 7) is 0. The standard InChI is InChI=1S/C11H11ClN4O.C11H10ClNO2/c1-14-11(13)16-10(17)9-5-6-7(12)3-2-4-8(6)15-9;1-13-9-5-3-4-8(12)7(9)6-10(13)11(14)15-2/h2-5,15H,1H3,(H3,13,14,16,17);3-6H,1-2H3. The van der Waals surface area contributed by atoms with Gasteiger partial charge in [-0.25, -0.2) is 4.79 Å². The molecule has 0 aliphatic heterocycles. The number of fused-ring (bicyclic) bond motifs is 2. The van der Waals surface area contributed by atoms with Gasteiger partial charge in [0.1, 0.15) is 11.4 Å². The average Bonchev–Trinajstić information content (AvgIpc) is 3.37. The topological polar surface area (TPSA) is 114 Å². The highest BCUT2D eigenvalue weighted by Crippen LogP contribution is 2.26. The number of nitrogens with one attached hydrogen (secondary N) is 2. The summed E-state index contributed by atoms with van der Waals surface area (Å²) < 4.78 is 6.45. The molecular weight excluding hydrogens is 453 g/mol. The lowest BCUT2D eigenvalue weighted by Crippen LogP contribution is -2.36. The van der Waals surface area contributed by atoms with E-state index in [1.54, 1.807) is 28.8 Å². The maximum atomic E-state index is 11.7. The van der Waals surface area contributed by atoms with Crippen molar-refractivity contribution in [2.45, 2.75) is 0 Å². The van der Waals surface area contributed by atoms with E-state index in [1.807, 2.05) is 31.3 Å². The van der Waals surface area contributed by atoms with Crippen LogP contribution < -0.4 is 11.1 Å². The third kappa shape index (κ3) is 4.71. The van der Waals surface area contributed by atoms with Crippen LogP contribution in [0.15, 0.2) is 53.5 Å². The van der Waals surface area contributed by atoms with Gasteiger partial charge in [-0.2, -0.15) is 0 Å². The zero-order chi connectivity index (χ0) is 23.4. The van der Waals surface area contributed by atoms with Gasteiger partial charge in [0, 0.05) is 45.9 Å². The van der Waals surface area contributed by atoms with Crippen LogP contribution in [0, 0.1) is 0 Å². The number of amides is 1. The Kier molecular flexibility index (Phi) is 7.07. The Bertz CT molecular complexity index is 1340. The lowest BCUT2D eigenvalue weighted by Gasteiger charge is -2.01. The molecule has 0 aliphatic rings. The minimum Gasteiger partial charge on any atom is -0.464 e. The number of aromatic nitrogens is 2. The summed E-state index contributed by atoms with van der Waals surface area (Å²) in [5.41, 5.74) is 8.02. The Balaban J connectivity index is 0.000000182. The molecule has 8 nitrogen and oxygen atoms in total. The molecule has 32 heavy (non-hydrogen) atoms. The molecule has 2 aromatic heterocycles. The Morgan fingerprint density at radius 2 is 1.75 bits per heavy atom. The first-order chi connectivity index (χ1) is 15.3. The molecule has 0 saturated carbocycles. The molecule has 0 fully saturated rings. The molecule has 0 unspecified atom stereocenters. The fourth-order valence-electron chi connectivity index (χ4n) is 3.10. The number of nitrogens with two attached hydrogens (primary N) is 1. The predicted molar refractivity (Wildman–Crippen MR) is 128 cm³/mol. The SMILES string of the molecule is CN=C(N)NC(=O)c1cc2c(Cl)cccc2[nH]1.COC(=O)c1cc2c(Cl)cccc2n1C.